The van der Waals surface area contributed by atoms with Gasteiger partial charge in [-0.1, -0.05) is 23.7 Å². The number of imidazole rings is 1. The van der Waals surface area contributed by atoms with Gasteiger partial charge in [0.1, 0.15) is 28.9 Å². The Balaban J connectivity index is 1.37. The van der Waals surface area contributed by atoms with Gasteiger partial charge in [0.25, 0.3) is 5.91 Å². The molecule has 142 valence electrons. The second kappa shape index (κ2) is 8.00. The fourth-order valence-corrected chi connectivity index (χ4v) is 3.49. The smallest absolute Gasteiger partial charge is 0.271 e. The van der Waals surface area contributed by atoms with Gasteiger partial charge in [-0.3, -0.25) is 4.79 Å². The van der Waals surface area contributed by atoms with Gasteiger partial charge in [-0.05, 0) is 43.3 Å². The third kappa shape index (κ3) is 4.16. The number of rotatable bonds is 6. The Hall–Kier alpha value is -2.90. The third-order valence-electron chi connectivity index (χ3n) is 4.13. The van der Waals surface area contributed by atoms with Gasteiger partial charge in [0.2, 0.25) is 0 Å². The molecule has 6 nitrogen and oxygen atoms in total. The van der Waals surface area contributed by atoms with E-state index in [0.29, 0.717) is 28.9 Å². The molecule has 4 rings (SSSR count). The molecule has 0 radical (unpaired) electrons. The van der Waals surface area contributed by atoms with E-state index < -0.39 is 0 Å². The standard InChI is InChI=1S/C20H17ClN4O2S/c1-12(19-24-15-4-2-3-5-16(15)25-19)22-20(26)17-11-28-18(23-17)10-27-14-8-6-13(21)7-9-14/h2-9,11-12H,10H2,1H3,(H,22,26)(H,24,25). The number of halogens is 1. The number of aromatic nitrogens is 3. The lowest BCUT2D eigenvalue weighted by Crippen LogP contribution is -2.27. The van der Waals surface area contributed by atoms with Crippen LogP contribution in [0.25, 0.3) is 11.0 Å². The molecular weight excluding hydrogens is 396 g/mol. The predicted octanol–water partition coefficient (Wildman–Crippen LogP) is 4.74. The van der Waals surface area contributed by atoms with Gasteiger partial charge in [-0.15, -0.1) is 11.3 Å². The van der Waals surface area contributed by atoms with Crippen LogP contribution in [0, 0.1) is 0 Å². The molecule has 0 bridgehead atoms. The minimum absolute atomic E-state index is 0.248. The lowest BCUT2D eigenvalue weighted by Gasteiger charge is -2.10. The fourth-order valence-electron chi connectivity index (χ4n) is 2.67. The first-order valence-corrected chi connectivity index (χ1v) is 9.92. The van der Waals surface area contributed by atoms with E-state index in [4.69, 9.17) is 16.3 Å². The summed E-state index contributed by atoms with van der Waals surface area (Å²) in [7, 11) is 0. The average Bonchev–Trinajstić information content (AvgIpc) is 3.34. The summed E-state index contributed by atoms with van der Waals surface area (Å²) in [5.41, 5.74) is 2.17. The summed E-state index contributed by atoms with van der Waals surface area (Å²) in [6.07, 6.45) is 0. The largest absolute Gasteiger partial charge is 0.486 e. The van der Waals surface area contributed by atoms with Gasteiger partial charge >= 0.3 is 0 Å². The summed E-state index contributed by atoms with van der Waals surface area (Å²) in [6, 6.07) is 14.6. The zero-order valence-electron chi connectivity index (χ0n) is 15.0. The van der Waals surface area contributed by atoms with Crippen LogP contribution in [-0.2, 0) is 6.61 Å². The van der Waals surface area contributed by atoms with E-state index in [1.807, 2.05) is 31.2 Å². The van der Waals surface area contributed by atoms with Crippen molar-refractivity contribution in [2.75, 3.05) is 0 Å². The predicted molar refractivity (Wildman–Crippen MR) is 110 cm³/mol. The summed E-state index contributed by atoms with van der Waals surface area (Å²) >= 11 is 7.24. The molecule has 2 aromatic carbocycles. The van der Waals surface area contributed by atoms with E-state index in [2.05, 4.69) is 20.3 Å². The molecule has 0 fully saturated rings. The second-order valence-electron chi connectivity index (χ2n) is 6.20. The Labute approximate surface area is 170 Å². The van der Waals surface area contributed by atoms with Gasteiger partial charge in [0.05, 0.1) is 17.1 Å². The first-order valence-electron chi connectivity index (χ1n) is 8.67. The Morgan fingerprint density at radius 1 is 1.21 bits per heavy atom. The molecule has 4 aromatic rings. The molecule has 0 saturated heterocycles. The lowest BCUT2D eigenvalue weighted by molar-refractivity contribution is 0.0933. The number of carbonyl (C=O) groups excluding carboxylic acids is 1. The molecule has 2 aromatic heterocycles. The Morgan fingerprint density at radius 3 is 2.79 bits per heavy atom. The molecule has 1 amide bonds. The monoisotopic (exact) mass is 412 g/mol. The maximum Gasteiger partial charge on any atom is 0.271 e. The number of hydrogen-bond acceptors (Lipinski definition) is 5. The van der Waals surface area contributed by atoms with Crippen LogP contribution in [0.15, 0.2) is 53.9 Å². The van der Waals surface area contributed by atoms with Crippen molar-refractivity contribution in [3.63, 3.8) is 0 Å². The number of fused-ring (bicyclic) bond motifs is 1. The molecule has 0 aliphatic carbocycles. The molecule has 0 aliphatic rings. The van der Waals surface area contributed by atoms with Crippen LogP contribution < -0.4 is 10.1 Å². The van der Waals surface area contributed by atoms with Crippen LogP contribution in [-0.4, -0.2) is 20.9 Å². The van der Waals surface area contributed by atoms with Crippen molar-refractivity contribution in [2.24, 2.45) is 0 Å². The number of para-hydroxylation sites is 2. The molecule has 1 atom stereocenters. The Kier molecular flexibility index (Phi) is 5.27. The highest BCUT2D eigenvalue weighted by Crippen LogP contribution is 2.19. The average molecular weight is 413 g/mol. The summed E-state index contributed by atoms with van der Waals surface area (Å²) in [6.45, 7) is 2.17. The van der Waals surface area contributed by atoms with Gasteiger partial charge < -0.3 is 15.0 Å². The Morgan fingerprint density at radius 2 is 2.00 bits per heavy atom. The number of aromatic amines is 1. The highest BCUT2D eigenvalue weighted by molar-refractivity contribution is 7.09. The van der Waals surface area contributed by atoms with Crippen LogP contribution in [0.4, 0.5) is 0 Å². The number of H-pyrrole nitrogens is 1. The molecule has 2 N–H and O–H groups in total. The van der Waals surface area contributed by atoms with Crippen molar-refractivity contribution >= 4 is 39.9 Å². The summed E-state index contributed by atoms with van der Waals surface area (Å²) in [4.78, 5) is 24.6. The van der Waals surface area contributed by atoms with E-state index in [-0.39, 0.29) is 11.9 Å². The lowest BCUT2D eigenvalue weighted by atomic mass is 10.3. The van der Waals surface area contributed by atoms with Crippen LogP contribution in [0.5, 0.6) is 5.75 Å². The molecule has 1 unspecified atom stereocenters. The minimum Gasteiger partial charge on any atom is -0.486 e. The molecule has 0 saturated carbocycles. The zero-order chi connectivity index (χ0) is 19.5. The van der Waals surface area contributed by atoms with Gasteiger partial charge in [-0.25, -0.2) is 9.97 Å². The number of hydrogen-bond donors (Lipinski definition) is 2. The van der Waals surface area contributed by atoms with Crippen molar-refractivity contribution in [2.45, 2.75) is 19.6 Å². The van der Waals surface area contributed by atoms with Gasteiger partial charge in [0.15, 0.2) is 0 Å². The van der Waals surface area contributed by atoms with Crippen molar-refractivity contribution in [1.29, 1.82) is 0 Å². The fraction of sp³-hybridized carbons (Fsp3) is 0.150. The highest BCUT2D eigenvalue weighted by Gasteiger charge is 2.17. The number of carbonyl (C=O) groups is 1. The molecule has 0 spiro atoms. The number of benzene rings is 2. The van der Waals surface area contributed by atoms with E-state index in [1.54, 1.807) is 29.6 Å². The van der Waals surface area contributed by atoms with Crippen LogP contribution >= 0.6 is 22.9 Å². The summed E-state index contributed by atoms with van der Waals surface area (Å²) < 4.78 is 5.67. The van der Waals surface area contributed by atoms with E-state index in [1.165, 1.54) is 11.3 Å². The zero-order valence-corrected chi connectivity index (χ0v) is 16.6. The first kappa shape index (κ1) is 18.5. The molecule has 2 heterocycles. The van der Waals surface area contributed by atoms with Gasteiger partial charge in [-0.2, -0.15) is 0 Å². The number of nitrogens with one attached hydrogen (secondary N) is 2. The van der Waals surface area contributed by atoms with Crippen LogP contribution in [0.3, 0.4) is 0 Å². The SMILES string of the molecule is CC(NC(=O)c1csc(COc2ccc(Cl)cc2)n1)c1nc2ccccc2[nH]1. The summed E-state index contributed by atoms with van der Waals surface area (Å²) in [5.74, 6) is 1.15. The number of ether oxygens (including phenoxy) is 1. The molecule has 28 heavy (non-hydrogen) atoms. The van der Waals surface area contributed by atoms with E-state index in [0.717, 1.165) is 16.0 Å². The third-order valence-corrected chi connectivity index (χ3v) is 5.20. The van der Waals surface area contributed by atoms with Crippen LogP contribution in [0.2, 0.25) is 5.02 Å². The van der Waals surface area contributed by atoms with Gasteiger partial charge in [0, 0.05) is 10.4 Å². The minimum atomic E-state index is -0.268. The van der Waals surface area contributed by atoms with Crippen molar-refractivity contribution in [1.82, 2.24) is 20.3 Å². The van der Waals surface area contributed by atoms with Crippen molar-refractivity contribution in [3.05, 3.63) is 75.5 Å². The Bertz CT molecular complexity index is 1070. The van der Waals surface area contributed by atoms with Crippen LogP contribution in [0.1, 0.15) is 34.3 Å². The second-order valence-corrected chi connectivity index (χ2v) is 7.58. The van der Waals surface area contributed by atoms with Crippen molar-refractivity contribution < 1.29 is 9.53 Å². The molecule has 8 heteroatoms. The normalized spacial score (nSPS) is 12.1. The number of nitrogens with zero attached hydrogens (tertiary/aromatic N) is 2. The van der Waals surface area contributed by atoms with E-state index in [9.17, 15) is 4.79 Å². The quantitative estimate of drug-likeness (QED) is 0.479. The van der Waals surface area contributed by atoms with E-state index >= 15 is 0 Å². The summed E-state index contributed by atoms with van der Waals surface area (Å²) in [5, 5.41) is 6.02. The number of amides is 1. The topological polar surface area (TPSA) is 79.9 Å². The molecule has 0 aliphatic heterocycles. The molecular formula is C20H17ClN4O2S. The highest BCUT2D eigenvalue weighted by atomic mass is 35.5. The first-order chi connectivity index (χ1) is 13.6. The maximum absolute atomic E-state index is 12.5. The maximum atomic E-state index is 12.5. The number of thiazole rings is 1. The van der Waals surface area contributed by atoms with Crippen molar-refractivity contribution in [3.8, 4) is 5.75 Å².